The molecule has 0 aromatic rings. The topological polar surface area (TPSA) is 53.1 Å². The van der Waals surface area contributed by atoms with Gasteiger partial charge >= 0.3 is 12.1 Å². The fourth-order valence-electron chi connectivity index (χ4n) is 2.84. The van der Waals surface area contributed by atoms with E-state index in [4.69, 9.17) is 4.74 Å². The van der Waals surface area contributed by atoms with E-state index in [1.807, 2.05) is 30.6 Å². The maximum absolute atomic E-state index is 12.4. The van der Waals surface area contributed by atoms with E-state index in [1.165, 1.54) is 0 Å². The Hall–Kier alpha value is -1.46. The van der Waals surface area contributed by atoms with Crippen molar-refractivity contribution < 1.29 is 14.3 Å². The van der Waals surface area contributed by atoms with Crippen molar-refractivity contribution in [3.63, 3.8) is 0 Å². The van der Waals surface area contributed by atoms with E-state index >= 15 is 0 Å². The Bertz CT molecular complexity index is 373. The first-order valence-electron chi connectivity index (χ1n) is 7.49. The van der Waals surface area contributed by atoms with Crippen LogP contribution in [0.5, 0.6) is 0 Å². The highest BCUT2D eigenvalue weighted by atomic mass is 16.6. The maximum Gasteiger partial charge on any atom is 0.410 e. The molecule has 1 atom stereocenters. The van der Waals surface area contributed by atoms with E-state index in [2.05, 4.69) is 0 Å². The highest BCUT2D eigenvalue weighted by Crippen LogP contribution is 2.16. The molecule has 6 nitrogen and oxygen atoms in total. The zero-order chi connectivity index (χ0) is 14.7. The molecule has 2 fully saturated rings. The fraction of sp³-hybridized carbons (Fsp3) is 0.857. The van der Waals surface area contributed by atoms with Crippen LogP contribution in [0, 0.1) is 0 Å². The third-order valence-corrected chi connectivity index (χ3v) is 3.99. The van der Waals surface area contributed by atoms with Gasteiger partial charge in [0.25, 0.3) is 0 Å². The van der Waals surface area contributed by atoms with Crippen molar-refractivity contribution in [2.75, 3.05) is 32.8 Å². The van der Waals surface area contributed by atoms with Gasteiger partial charge in [-0.3, -0.25) is 0 Å². The molecule has 6 heteroatoms. The molecular formula is C14H25N3O3. The average molecular weight is 283 g/mol. The molecule has 2 heterocycles. The van der Waals surface area contributed by atoms with Crippen LogP contribution < -0.4 is 0 Å². The zero-order valence-electron chi connectivity index (χ0n) is 12.7. The number of rotatable bonds is 4. The number of carbonyl (C=O) groups excluding carboxylic acids is 2. The monoisotopic (exact) mass is 283 g/mol. The number of carbonyl (C=O) groups is 2. The van der Waals surface area contributed by atoms with Crippen molar-refractivity contribution in [3.05, 3.63) is 0 Å². The summed E-state index contributed by atoms with van der Waals surface area (Å²) in [6, 6.07) is 0.308. The Morgan fingerprint density at radius 1 is 1.05 bits per heavy atom. The number of hydrogen-bond donors (Lipinski definition) is 0. The van der Waals surface area contributed by atoms with Crippen LogP contribution >= 0.6 is 0 Å². The largest absolute Gasteiger partial charge is 0.449 e. The first-order valence-corrected chi connectivity index (χ1v) is 7.49. The summed E-state index contributed by atoms with van der Waals surface area (Å²) in [5.74, 6) is 0. The van der Waals surface area contributed by atoms with Crippen molar-refractivity contribution in [2.24, 2.45) is 0 Å². The van der Waals surface area contributed by atoms with Crippen LogP contribution in [-0.4, -0.2) is 71.7 Å². The number of nitrogens with zero attached hydrogens (tertiary/aromatic N) is 3. The summed E-state index contributed by atoms with van der Waals surface area (Å²) in [4.78, 5) is 29.6. The zero-order valence-corrected chi connectivity index (χ0v) is 12.7. The molecule has 0 aromatic carbocycles. The molecule has 3 amide bonds. The van der Waals surface area contributed by atoms with E-state index < -0.39 is 0 Å². The fourth-order valence-corrected chi connectivity index (χ4v) is 2.84. The van der Waals surface area contributed by atoms with Crippen molar-refractivity contribution in [2.45, 2.75) is 45.7 Å². The Kier molecular flexibility index (Phi) is 4.73. The Labute approximate surface area is 120 Å². The quantitative estimate of drug-likeness (QED) is 0.790. The molecule has 0 bridgehead atoms. The third-order valence-electron chi connectivity index (χ3n) is 3.99. The van der Waals surface area contributed by atoms with Gasteiger partial charge in [0, 0.05) is 38.3 Å². The van der Waals surface area contributed by atoms with Crippen LogP contribution in [0.15, 0.2) is 0 Å². The van der Waals surface area contributed by atoms with Crippen molar-refractivity contribution in [3.8, 4) is 0 Å². The molecule has 114 valence electrons. The summed E-state index contributed by atoms with van der Waals surface area (Å²) in [7, 11) is 0. The van der Waals surface area contributed by atoms with Crippen LogP contribution in [0.25, 0.3) is 0 Å². The van der Waals surface area contributed by atoms with E-state index in [0.717, 1.165) is 32.5 Å². The minimum atomic E-state index is -0.256. The van der Waals surface area contributed by atoms with Gasteiger partial charge in [-0.1, -0.05) is 0 Å². The van der Waals surface area contributed by atoms with Crippen LogP contribution in [-0.2, 0) is 4.74 Å². The highest BCUT2D eigenvalue weighted by molar-refractivity contribution is 5.75. The van der Waals surface area contributed by atoms with Crippen molar-refractivity contribution in [1.29, 1.82) is 0 Å². The van der Waals surface area contributed by atoms with Crippen LogP contribution in [0.4, 0.5) is 9.59 Å². The van der Waals surface area contributed by atoms with Gasteiger partial charge in [-0.25, -0.2) is 9.59 Å². The standard InChI is InChI=1S/C14H25N3O3/c1-11(2)16-7-4-6-15(13(16)18)10-12(3)17-8-5-9-20-14(17)19/h11-12H,4-10H2,1-3H3. The molecule has 0 radical (unpaired) electrons. The molecule has 2 rings (SSSR count). The lowest BCUT2D eigenvalue weighted by Gasteiger charge is -2.41. The Balaban J connectivity index is 1.94. The highest BCUT2D eigenvalue weighted by Gasteiger charge is 2.31. The van der Waals surface area contributed by atoms with E-state index in [-0.39, 0.29) is 24.2 Å². The van der Waals surface area contributed by atoms with Gasteiger partial charge in [0.05, 0.1) is 6.61 Å². The van der Waals surface area contributed by atoms with Gasteiger partial charge in [-0.2, -0.15) is 0 Å². The molecule has 2 saturated heterocycles. The Morgan fingerprint density at radius 3 is 2.40 bits per heavy atom. The molecule has 0 N–H and O–H groups in total. The predicted molar refractivity (Wildman–Crippen MR) is 75.6 cm³/mol. The lowest BCUT2D eigenvalue weighted by molar-refractivity contribution is 0.0463. The van der Waals surface area contributed by atoms with Gasteiger partial charge in [0.15, 0.2) is 0 Å². The molecule has 1 unspecified atom stereocenters. The minimum Gasteiger partial charge on any atom is -0.449 e. The van der Waals surface area contributed by atoms with Gasteiger partial charge < -0.3 is 19.4 Å². The normalized spacial score (nSPS) is 22.3. The first kappa shape index (κ1) is 14.9. The van der Waals surface area contributed by atoms with Gasteiger partial charge in [0.2, 0.25) is 0 Å². The first-order chi connectivity index (χ1) is 9.50. The van der Waals surface area contributed by atoms with Crippen LogP contribution in [0.3, 0.4) is 0 Å². The predicted octanol–water partition coefficient (Wildman–Crippen LogP) is 1.75. The van der Waals surface area contributed by atoms with Crippen LogP contribution in [0.2, 0.25) is 0 Å². The third kappa shape index (κ3) is 3.16. The second-order valence-corrected chi connectivity index (χ2v) is 5.88. The molecule has 0 saturated carbocycles. The molecule has 0 spiro atoms. The minimum absolute atomic E-state index is 0.00105. The number of ether oxygens (including phenoxy) is 1. The Morgan fingerprint density at radius 2 is 1.75 bits per heavy atom. The molecule has 2 aliphatic heterocycles. The number of hydrogen-bond acceptors (Lipinski definition) is 3. The SMILES string of the molecule is CC(C)N1CCCN(CC(C)N2CCCOC2=O)C1=O. The molecule has 2 aliphatic rings. The van der Waals surface area contributed by atoms with Crippen molar-refractivity contribution in [1.82, 2.24) is 14.7 Å². The molecule has 20 heavy (non-hydrogen) atoms. The average Bonchev–Trinajstić information content (AvgIpc) is 2.41. The van der Waals surface area contributed by atoms with E-state index in [0.29, 0.717) is 13.2 Å². The number of amides is 3. The summed E-state index contributed by atoms with van der Waals surface area (Å²) < 4.78 is 5.06. The van der Waals surface area contributed by atoms with Crippen LogP contribution in [0.1, 0.15) is 33.6 Å². The summed E-state index contributed by atoms with van der Waals surface area (Å²) in [5.41, 5.74) is 0. The number of urea groups is 1. The second-order valence-electron chi connectivity index (χ2n) is 5.88. The van der Waals surface area contributed by atoms with Gasteiger partial charge in [-0.15, -0.1) is 0 Å². The summed E-state index contributed by atoms with van der Waals surface area (Å²) in [6.45, 7) is 9.45. The molecular weight excluding hydrogens is 258 g/mol. The number of cyclic esters (lactones) is 1. The van der Waals surface area contributed by atoms with E-state index in [9.17, 15) is 9.59 Å². The second kappa shape index (κ2) is 6.33. The maximum atomic E-state index is 12.4. The summed E-state index contributed by atoms with van der Waals surface area (Å²) in [6.07, 6.45) is 1.59. The molecule has 0 aromatic heterocycles. The molecule has 0 aliphatic carbocycles. The summed E-state index contributed by atoms with van der Waals surface area (Å²) >= 11 is 0. The van der Waals surface area contributed by atoms with Crippen molar-refractivity contribution >= 4 is 12.1 Å². The van der Waals surface area contributed by atoms with Gasteiger partial charge in [0.1, 0.15) is 0 Å². The lowest BCUT2D eigenvalue weighted by atomic mass is 10.2. The van der Waals surface area contributed by atoms with E-state index in [1.54, 1.807) is 4.90 Å². The summed E-state index contributed by atoms with van der Waals surface area (Å²) in [5, 5.41) is 0. The smallest absolute Gasteiger partial charge is 0.410 e. The lowest BCUT2D eigenvalue weighted by Crippen LogP contribution is -2.56. The van der Waals surface area contributed by atoms with Gasteiger partial charge in [-0.05, 0) is 33.6 Å².